The van der Waals surface area contributed by atoms with Gasteiger partial charge in [-0.25, -0.2) is 4.39 Å². The minimum atomic E-state index is -0.634. The van der Waals surface area contributed by atoms with Gasteiger partial charge in [-0.15, -0.1) is 11.8 Å². The van der Waals surface area contributed by atoms with Gasteiger partial charge in [-0.2, -0.15) is 0 Å². The van der Waals surface area contributed by atoms with E-state index < -0.39 is 6.04 Å². The Labute approximate surface area is 211 Å². The second-order valence-corrected chi connectivity index (χ2v) is 9.64. The smallest absolute Gasteiger partial charge is 0.243 e. The normalized spacial score (nSPS) is 12.5. The van der Waals surface area contributed by atoms with E-state index in [1.54, 1.807) is 17.0 Å². The van der Waals surface area contributed by atoms with Crippen LogP contribution < -0.4 is 5.32 Å². The average molecular weight is 493 g/mol. The number of carbonyl (C=O) groups excluding carboxylic acids is 2. The number of carbonyl (C=O) groups is 2. The quantitative estimate of drug-likeness (QED) is 0.357. The molecule has 0 aliphatic carbocycles. The van der Waals surface area contributed by atoms with Gasteiger partial charge in [-0.1, -0.05) is 79.7 Å². The number of thioether (sulfide) groups is 1. The average Bonchev–Trinajstić information content (AvgIpc) is 2.88. The molecular weight excluding hydrogens is 459 g/mol. The summed E-state index contributed by atoms with van der Waals surface area (Å²) in [4.78, 5) is 28.7. The van der Waals surface area contributed by atoms with Crippen LogP contribution in [0.5, 0.6) is 0 Å². The zero-order valence-electron chi connectivity index (χ0n) is 20.3. The Kier molecular flexibility index (Phi) is 10.4. The molecule has 1 N–H and O–H groups in total. The van der Waals surface area contributed by atoms with Gasteiger partial charge in [0.15, 0.2) is 0 Å². The third-order valence-electron chi connectivity index (χ3n) is 5.88. The van der Waals surface area contributed by atoms with Crippen molar-refractivity contribution >= 4 is 23.6 Å². The van der Waals surface area contributed by atoms with E-state index in [-0.39, 0.29) is 29.4 Å². The fraction of sp³-hybridized carbons (Fsp3) is 0.310. The zero-order valence-corrected chi connectivity index (χ0v) is 21.1. The van der Waals surface area contributed by atoms with Crippen LogP contribution in [-0.4, -0.2) is 34.6 Å². The number of hydrogen-bond acceptors (Lipinski definition) is 3. The van der Waals surface area contributed by atoms with Gasteiger partial charge in [-0.3, -0.25) is 9.59 Å². The predicted molar refractivity (Wildman–Crippen MR) is 141 cm³/mol. The molecule has 0 saturated heterocycles. The predicted octanol–water partition coefficient (Wildman–Crippen LogP) is 5.61. The summed E-state index contributed by atoms with van der Waals surface area (Å²) in [6.07, 6.45) is 1.24. The topological polar surface area (TPSA) is 49.4 Å². The van der Waals surface area contributed by atoms with Gasteiger partial charge in [0.05, 0.1) is 5.75 Å². The van der Waals surface area contributed by atoms with Crippen molar-refractivity contribution in [3.05, 3.63) is 107 Å². The highest BCUT2D eigenvalue weighted by atomic mass is 32.2. The molecule has 35 heavy (non-hydrogen) atoms. The van der Waals surface area contributed by atoms with E-state index in [4.69, 9.17) is 0 Å². The molecule has 3 aromatic rings. The Morgan fingerprint density at radius 2 is 1.49 bits per heavy atom. The highest BCUT2D eigenvalue weighted by Gasteiger charge is 2.30. The minimum Gasteiger partial charge on any atom is -0.352 e. The minimum absolute atomic E-state index is 0.0160. The second-order valence-electron chi connectivity index (χ2n) is 8.65. The number of amides is 2. The lowest BCUT2D eigenvalue weighted by molar-refractivity contribution is -0.139. The van der Waals surface area contributed by atoms with Gasteiger partial charge in [0.1, 0.15) is 11.9 Å². The van der Waals surface area contributed by atoms with Gasteiger partial charge < -0.3 is 10.2 Å². The highest BCUT2D eigenvalue weighted by Crippen LogP contribution is 2.19. The molecule has 3 aromatic carbocycles. The Morgan fingerprint density at radius 1 is 0.886 bits per heavy atom. The lowest BCUT2D eigenvalue weighted by Gasteiger charge is -2.32. The molecule has 0 heterocycles. The fourth-order valence-corrected chi connectivity index (χ4v) is 4.57. The van der Waals surface area contributed by atoms with Crippen molar-refractivity contribution < 1.29 is 14.0 Å². The highest BCUT2D eigenvalue weighted by molar-refractivity contribution is 7.99. The van der Waals surface area contributed by atoms with E-state index in [2.05, 4.69) is 5.32 Å². The van der Waals surface area contributed by atoms with Crippen LogP contribution in [0.4, 0.5) is 4.39 Å². The van der Waals surface area contributed by atoms with E-state index in [1.165, 1.54) is 23.9 Å². The molecule has 0 fully saturated rings. The first-order valence-electron chi connectivity index (χ1n) is 12.0. The zero-order chi connectivity index (χ0) is 25.0. The lowest BCUT2D eigenvalue weighted by atomic mass is 10.0. The molecule has 0 bridgehead atoms. The maximum absolute atomic E-state index is 13.5. The first-order valence-corrected chi connectivity index (χ1v) is 13.1. The van der Waals surface area contributed by atoms with Crippen molar-refractivity contribution in [2.75, 3.05) is 5.75 Å². The summed E-state index contributed by atoms with van der Waals surface area (Å²) in [5.41, 5.74) is 2.93. The molecule has 0 saturated carbocycles. The van der Waals surface area contributed by atoms with Crippen molar-refractivity contribution in [1.82, 2.24) is 10.2 Å². The molecule has 4 nitrogen and oxygen atoms in total. The van der Waals surface area contributed by atoms with Gasteiger partial charge >= 0.3 is 0 Å². The Balaban J connectivity index is 1.82. The Bertz CT molecular complexity index is 1060. The maximum atomic E-state index is 13.5. The molecular formula is C29H33FN2O2S. The number of nitrogens with zero attached hydrogens (tertiary/aromatic N) is 1. The van der Waals surface area contributed by atoms with E-state index in [0.717, 1.165) is 23.1 Å². The summed E-state index contributed by atoms with van der Waals surface area (Å²) < 4.78 is 13.2. The van der Waals surface area contributed by atoms with Crippen LogP contribution in [0.25, 0.3) is 0 Å². The molecule has 0 aliphatic rings. The van der Waals surface area contributed by atoms with Gasteiger partial charge in [0.2, 0.25) is 11.8 Å². The molecule has 0 radical (unpaired) electrons. The third kappa shape index (κ3) is 8.55. The molecule has 0 spiro atoms. The van der Waals surface area contributed by atoms with Gasteiger partial charge in [0.25, 0.3) is 0 Å². The van der Waals surface area contributed by atoms with E-state index in [9.17, 15) is 14.0 Å². The molecule has 0 unspecified atom stereocenters. The summed E-state index contributed by atoms with van der Waals surface area (Å²) in [6.45, 7) is 4.34. The molecule has 6 heteroatoms. The second kappa shape index (κ2) is 13.7. The number of hydrogen-bond donors (Lipinski definition) is 1. The molecule has 0 aliphatic heterocycles. The SMILES string of the molecule is CC[C@H](C)NC(=O)[C@H](Cc1ccccc1)N(Cc1ccccc1)C(=O)CSCc1ccc(F)cc1. The van der Waals surface area contributed by atoms with Crippen LogP contribution in [0.2, 0.25) is 0 Å². The van der Waals surface area contributed by atoms with Crippen LogP contribution in [0.15, 0.2) is 84.9 Å². The molecule has 3 rings (SSSR count). The summed E-state index contributed by atoms with van der Waals surface area (Å²) in [6, 6.07) is 25.2. The molecule has 0 aromatic heterocycles. The fourth-order valence-electron chi connectivity index (χ4n) is 3.69. The van der Waals surface area contributed by atoms with Crippen molar-refractivity contribution in [3.8, 4) is 0 Å². The van der Waals surface area contributed by atoms with Crippen molar-refractivity contribution in [1.29, 1.82) is 0 Å². The Morgan fingerprint density at radius 3 is 2.09 bits per heavy atom. The third-order valence-corrected chi connectivity index (χ3v) is 6.86. The first-order chi connectivity index (χ1) is 17.0. The van der Waals surface area contributed by atoms with Gasteiger partial charge in [0, 0.05) is 24.8 Å². The summed E-state index contributed by atoms with van der Waals surface area (Å²) in [5, 5.41) is 3.08. The first kappa shape index (κ1) is 26.5. The summed E-state index contributed by atoms with van der Waals surface area (Å²) >= 11 is 1.47. The number of rotatable bonds is 12. The monoisotopic (exact) mass is 492 g/mol. The van der Waals surface area contributed by atoms with Crippen LogP contribution >= 0.6 is 11.8 Å². The molecule has 184 valence electrons. The van der Waals surface area contributed by atoms with E-state index in [1.807, 2.05) is 74.5 Å². The van der Waals surface area contributed by atoms with Crippen molar-refractivity contribution in [2.45, 2.75) is 51.1 Å². The van der Waals surface area contributed by atoms with Crippen LogP contribution in [0, 0.1) is 5.82 Å². The summed E-state index contributed by atoms with van der Waals surface area (Å²) in [7, 11) is 0. The number of nitrogens with one attached hydrogen (secondary N) is 1. The van der Waals surface area contributed by atoms with E-state index >= 15 is 0 Å². The standard InChI is InChI=1S/C29H33FN2O2S/c1-3-22(2)31-29(34)27(18-23-10-6-4-7-11-23)32(19-24-12-8-5-9-13-24)28(33)21-35-20-25-14-16-26(30)17-15-25/h4-17,22,27H,3,18-21H2,1-2H3,(H,31,34)/t22-,27-/m0/s1. The molecule has 2 amide bonds. The lowest BCUT2D eigenvalue weighted by Crippen LogP contribution is -2.52. The Hall–Kier alpha value is -3.12. The van der Waals surface area contributed by atoms with Crippen molar-refractivity contribution in [2.24, 2.45) is 0 Å². The van der Waals surface area contributed by atoms with E-state index in [0.29, 0.717) is 18.7 Å². The maximum Gasteiger partial charge on any atom is 0.243 e. The van der Waals surface area contributed by atoms with Crippen LogP contribution in [0.3, 0.4) is 0 Å². The van der Waals surface area contributed by atoms with Crippen LogP contribution in [-0.2, 0) is 28.3 Å². The summed E-state index contributed by atoms with van der Waals surface area (Å²) in [5.74, 6) is 0.303. The number of benzene rings is 3. The van der Waals surface area contributed by atoms with Crippen LogP contribution in [0.1, 0.15) is 37.0 Å². The van der Waals surface area contributed by atoms with Crippen molar-refractivity contribution in [3.63, 3.8) is 0 Å². The number of halogens is 1. The molecule has 2 atom stereocenters. The van der Waals surface area contributed by atoms with Gasteiger partial charge in [-0.05, 0) is 42.2 Å². The largest absolute Gasteiger partial charge is 0.352 e.